The van der Waals surface area contributed by atoms with E-state index in [1.54, 1.807) is 30.3 Å². The van der Waals surface area contributed by atoms with Gasteiger partial charge in [-0.1, -0.05) is 5.16 Å². The first kappa shape index (κ1) is 14.1. The van der Waals surface area contributed by atoms with Crippen molar-refractivity contribution >= 4 is 5.70 Å². The second kappa shape index (κ2) is 5.26. The highest BCUT2D eigenvalue weighted by molar-refractivity contribution is 5.66. The van der Waals surface area contributed by atoms with Crippen LogP contribution in [0, 0.1) is 10.1 Å². The van der Waals surface area contributed by atoms with E-state index >= 15 is 0 Å². The number of nitro groups is 1. The zero-order valence-corrected chi connectivity index (χ0v) is 12.4. The summed E-state index contributed by atoms with van der Waals surface area (Å²) in [5.74, 6) is 1.53. The van der Waals surface area contributed by atoms with Gasteiger partial charge in [-0.15, -0.1) is 0 Å². The topological polar surface area (TPSA) is 116 Å². The van der Waals surface area contributed by atoms with Crippen molar-refractivity contribution in [1.29, 1.82) is 0 Å². The van der Waals surface area contributed by atoms with Gasteiger partial charge < -0.3 is 14.0 Å². The van der Waals surface area contributed by atoms with Crippen LogP contribution >= 0.6 is 0 Å². The lowest BCUT2D eigenvalue weighted by Gasteiger charge is -2.20. The molecular weight excluding hydrogens is 318 g/mol. The van der Waals surface area contributed by atoms with Gasteiger partial charge in [0.15, 0.2) is 17.2 Å². The fourth-order valence-corrected chi connectivity index (χ4v) is 2.32. The smallest absolute Gasteiger partial charge is 0.301 e. The van der Waals surface area contributed by atoms with Gasteiger partial charge in [-0.3, -0.25) is 20.5 Å². The number of ether oxygens (including phenoxy) is 2. The standard InChI is InChI=1S/C14H11N5O5/c1-18-5-4-9(19(20)21)12(16-18)14-15-13(17-24-14)8-2-3-10-11(6-8)23-7-22-10/h2-6,16H,7H2,1H3. The summed E-state index contributed by atoms with van der Waals surface area (Å²) in [6, 6.07) is 5.22. The third-order valence-electron chi connectivity index (χ3n) is 3.47. The van der Waals surface area contributed by atoms with E-state index < -0.39 is 4.92 Å². The molecule has 0 unspecified atom stereocenters. The molecule has 3 heterocycles. The van der Waals surface area contributed by atoms with Crippen LogP contribution in [-0.2, 0) is 0 Å². The molecule has 1 aromatic heterocycles. The maximum atomic E-state index is 11.2. The van der Waals surface area contributed by atoms with Gasteiger partial charge in [0.1, 0.15) is 0 Å². The molecule has 2 aliphatic rings. The molecule has 10 nitrogen and oxygen atoms in total. The summed E-state index contributed by atoms with van der Waals surface area (Å²) in [5.41, 5.74) is 3.44. The number of rotatable bonds is 3. The average molecular weight is 329 g/mol. The number of allylic oxidation sites excluding steroid dienone is 1. The molecule has 0 fully saturated rings. The maximum Gasteiger partial charge on any atom is 0.301 e. The summed E-state index contributed by atoms with van der Waals surface area (Å²) in [6.45, 7) is 0.165. The molecule has 0 spiro atoms. The molecule has 24 heavy (non-hydrogen) atoms. The Hall–Kier alpha value is -3.56. The first-order valence-corrected chi connectivity index (χ1v) is 6.92. The number of aromatic nitrogens is 2. The van der Waals surface area contributed by atoms with E-state index in [4.69, 9.17) is 14.0 Å². The summed E-state index contributed by atoms with van der Waals surface area (Å²) in [4.78, 5) is 14.9. The fraction of sp³-hybridized carbons (Fsp3) is 0.143. The normalized spacial score (nSPS) is 15.6. The second-order valence-electron chi connectivity index (χ2n) is 5.05. The maximum absolute atomic E-state index is 11.2. The summed E-state index contributed by atoms with van der Waals surface area (Å²) < 4.78 is 15.7. The minimum Gasteiger partial charge on any atom is -0.454 e. The molecule has 0 bridgehead atoms. The molecule has 0 saturated heterocycles. The first-order valence-electron chi connectivity index (χ1n) is 6.92. The van der Waals surface area contributed by atoms with Crippen LogP contribution in [0.5, 0.6) is 11.5 Å². The van der Waals surface area contributed by atoms with E-state index in [0.717, 1.165) is 0 Å². The molecule has 10 heteroatoms. The van der Waals surface area contributed by atoms with Crippen molar-refractivity contribution in [3.05, 3.63) is 52.2 Å². The van der Waals surface area contributed by atoms with Crippen LogP contribution in [0.1, 0.15) is 5.89 Å². The van der Waals surface area contributed by atoms with Crippen LogP contribution in [0.25, 0.3) is 17.1 Å². The van der Waals surface area contributed by atoms with Gasteiger partial charge in [-0.05, 0) is 18.2 Å². The number of fused-ring (bicyclic) bond motifs is 1. The van der Waals surface area contributed by atoms with Crippen molar-refractivity contribution in [1.82, 2.24) is 20.6 Å². The van der Waals surface area contributed by atoms with Crippen LogP contribution in [0.15, 0.2) is 40.7 Å². The molecule has 2 aromatic rings. The molecule has 1 aromatic carbocycles. The van der Waals surface area contributed by atoms with E-state index in [1.165, 1.54) is 12.3 Å². The molecule has 122 valence electrons. The van der Waals surface area contributed by atoms with Crippen molar-refractivity contribution < 1.29 is 18.9 Å². The summed E-state index contributed by atoms with van der Waals surface area (Å²) >= 11 is 0. The lowest BCUT2D eigenvalue weighted by Crippen LogP contribution is -2.32. The monoisotopic (exact) mass is 329 g/mol. The highest BCUT2D eigenvalue weighted by Gasteiger charge is 2.27. The van der Waals surface area contributed by atoms with E-state index in [-0.39, 0.29) is 29.9 Å². The van der Waals surface area contributed by atoms with Crippen molar-refractivity contribution in [3.8, 4) is 22.9 Å². The highest BCUT2D eigenvalue weighted by atomic mass is 16.7. The molecule has 0 aliphatic carbocycles. The molecular formula is C14H11N5O5. The van der Waals surface area contributed by atoms with Gasteiger partial charge in [0.25, 0.3) is 5.89 Å². The number of nitrogens with zero attached hydrogens (tertiary/aromatic N) is 4. The van der Waals surface area contributed by atoms with E-state index in [9.17, 15) is 10.1 Å². The Morgan fingerprint density at radius 1 is 1.33 bits per heavy atom. The Morgan fingerprint density at radius 3 is 3.00 bits per heavy atom. The van der Waals surface area contributed by atoms with Gasteiger partial charge in [0.2, 0.25) is 12.6 Å². The number of hydrogen-bond donors (Lipinski definition) is 1. The molecule has 0 radical (unpaired) electrons. The quantitative estimate of drug-likeness (QED) is 0.658. The zero-order chi connectivity index (χ0) is 16.7. The lowest BCUT2D eigenvalue weighted by atomic mass is 10.2. The minimum absolute atomic E-state index is 0.0190. The molecule has 1 N–H and O–H groups in total. The van der Waals surface area contributed by atoms with Crippen molar-refractivity contribution in [3.63, 3.8) is 0 Å². The van der Waals surface area contributed by atoms with E-state index in [2.05, 4.69) is 15.6 Å². The Morgan fingerprint density at radius 2 is 2.17 bits per heavy atom. The van der Waals surface area contributed by atoms with E-state index in [0.29, 0.717) is 17.1 Å². The number of hydrogen-bond acceptors (Lipinski definition) is 9. The van der Waals surface area contributed by atoms with Gasteiger partial charge >= 0.3 is 5.70 Å². The molecule has 4 rings (SSSR count). The van der Waals surface area contributed by atoms with Crippen LogP contribution in [0.3, 0.4) is 0 Å². The van der Waals surface area contributed by atoms with Crippen LogP contribution < -0.4 is 14.9 Å². The van der Waals surface area contributed by atoms with Gasteiger partial charge in [0.05, 0.1) is 4.92 Å². The zero-order valence-electron chi connectivity index (χ0n) is 12.4. The van der Waals surface area contributed by atoms with Gasteiger partial charge in [-0.2, -0.15) is 4.98 Å². The SMILES string of the molecule is CN1C=CC([N+](=O)[O-])=C(c2nc(-c3ccc4c(c3)OCO4)no2)N1. The number of nitrogens with one attached hydrogen (secondary N) is 1. The Kier molecular flexibility index (Phi) is 3.08. The molecule has 0 amide bonds. The summed E-state index contributed by atoms with van der Waals surface area (Å²) in [7, 11) is 1.70. The summed E-state index contributed by atoms with van der Waals surface area (Å²) in [5, 5.41) is 16.6. The number of hydrazine groups is 1. The second-order valence-corrected chi connectivity index (χ2v) is 5.05. The predicted octanol–water partition coefficient (Wildman–Crippen LogP) is 1.37. The van der Waals surface area contributed by atoms with Crippen molar-refractivity contribution in [2.24, 2.45) is 0 Å². The van der Waals surface area contributed by atoms with Crippen molar-refractivity contribution in [2.45, 2.75) is 0 Å². The third-order valence-corrected chi connectivity index (χ3v) is 3.47. The summed E-state index contributed by atoms with van der Waals surface area (Å²) in [6.07, 6.45) is 2.88. The minimum atomic E-state index is -0.518. The van der Waals surface area contributed by atoms with Crippen LogP contribution in [-0.4, -0.2) is 33.9 Å². The first-order chi connectivity index (χ1) is 11.6. The predicted molar refractivity (Wildman–Crippen MR) is 79.8 cm³/mol. The van der Waals surface area contributed by atoms with E-state index in [1.807, 2.05) is 0 Å². The Bertz CT molecular complexity index is 887. The molecule has 2 aliphatic heterocycles. The van der Waals surface area contributed by atoms with Crippen LogP contribution in [0.4, 0.5) is 0 Å². The fourth-order valence-electron chi connectivity index (χ4n) is 2.32. The highest BCUT2D eigenvalue weighted by Crippen LogP contribution is 2.35. The molecule has 0 saturated carbocycles. The lowest BCUT2D eigenvalue weighted by molar-refractivity contribution is -0.418. The average Bonchev–Trinajstić information content (AvgIpc) is 3.23. The Labute approximate surface area is 135 Å². The third kappa shape index (κ3) is 2.29. The van der Waals surface area contributed by atoms with Crippen molar-refractivity contribution in [2.75, 3.05) is 13.8 Å². The molecule has 0 atom stereocenters. The Balaban J connectivity index is 1.72. The van der Waals surface area contributed by atoms with Gasteiger partial charge in [0, 0.05) is 24.9 Å². The van der Waals surface area contributed by atoms with Gasteiger partial charge in [-0.25, -0.2) is 0 Å². The van der Waals surface area contributed by atoms with Crippen LogP contribution in [0.2, 0.25) is 0 Å². The number of benzene rings is 1. The largest absolute Gasteiger partial charge is 0.454 e.